The van der Waals surface area contributed by atoms with Gasteiger partial charge in [0.05, 0.1) is 19.3 Å². The standard InChI is InChI=1S/C16H15FN6O3/c1-10-5-11(3-4-12(10)17)13-6-22(20-19-13)9-16(2)8-21-7-14(23(24)25)18-15(21)26-16/h3-7H,8-9H2,1-2H3/t16-/m1/s1. The molecule has 1 aliphatic rings. The molecule has 0 unspecified atom stereocenters. The smallest absolute Gasteiger partial charge is 0.415 e. The molecule has 0 aliphatic carbocycles. The third kappa shape index (κ3) is 2.79. The fourth-order valence-electron chi connectivity index (χ4n) is 3.02. The van der Waals surface area contributed by atoms with Gasteiger partial charge in [0.2, 0.25) is 0 Å². The van der Waals surface area contributed by atoms with Crippen LogP contribution in [0.1, 0.15) is 12.5 Å². The predicted octanol–water partition coefficient (Wildman–Crippen LogP) is 2.35. The van der Waals surface area contributed by atoms with E-state index in [0.717, 1.165) is 5.56 Å². The number of hydrogen-bond acceptors (Lipinski definition) is 6. The summed E-state index contributed by atoms with van der Waals surface area (Å²) >= 11 is 0. The number of nitro groups is 1. The molecule has 4 rings (SSSR count). The summed E-state index contributed by atoms with van der Waals surface area (Å²) in [4.78, 5) is 14.1. The highest BCUT2D eigenvalue weighted by molar-refractivity contribution is 5.58. The lowest BCUT2D eigenvalue weighted by Gasteiger charge is -2.21. The van der Waals surface area contributed by atoms with Crippen molar-refractivity contribution in [3.05, 3.63) is 52.1 Å². The fraction of sp³-hybridized carbons (Fsp3) is 0.312. The van der Waals surface area contributed by atoms with Crippen LogP contribution in [0.3, 0.4) is 0 Å². The van der Waals surface area contributed by atoms with Crippen molar-refractivity contribution in [3.63, 3.8) is 0 Å². The van der Waals surface area contributed by atoms with Crippen molar-refractivity contribution in [3.8, 4) is 17.3 Å². The number of nitrogens with zero attached hydrogens (tertiary/aromatic N) is 6. The van der Waals surface area contributed by atoms with Crippen molar-refractivity contribution in [2.45, 2.75) is 32.5 Å². The molecule has 3 aromatic rings. The van der Waals surface area contributed by atoms with Crippen LogP contribution in [-0.4, -0.2) is 35.1 Å². The number of ether oxygens (including phenoxy) is 1. The molecule has 0 fully saturated rings. The Kier molecular flexibility index (Phi) is 3.49. The van der Waals surface area contributed by atoms with Gasteiger partial charge in [-0.15, -0.1) is 5.10 Å². The van der Waals surface area contributed by atoms with Crippen LogP contribution in [0, 0.1) is 22.9 Å². The van der Waals surface area contributed by atoms with Crippen molar-refractivity contribution in [2.24, 2.45) is 0 Å². The van der Waals surface area contributed by atoms with Gasteiger partial charge in [0.25, 0.3) is 0 Å². The molecule has 2 aromatic heterocycles. The number of fused-ring (bicyclic) bond motifs is 1. The second-order valence-corrected chi connectivity index (χ2v) is 6.58. The van der Waals surface area contributed by atoms with Crippen molar-refractivity contribution in [1.29, 1.82) is 0 Å². The first-order chi connectivity index (χ1) is 12.3. The maximum atomic E-state index is 13.4. The van der Waals surface area contributed by atoms with Crippen LogP contribution in [0.15, 0.2) is 30.6 Å². The number of aromatic nitrogens is 5. The summed E-state index contributed by atoms with van der Waals surface area (Å²) in [6.45, 7) is 4.36. The van der Waals surface area contributed by atoms with Gasteiger partial charge in [-0.2, -0.15) is 0 Å². The minimum Gasteiger partial charge on any atom is -0.436 e. The summed E-state index contributed by atoms with van der Waals surface area (Å²) in [7, 11) is 0. The second kappa shape index (κ2) is 5.61. The molecule has 0 N–H and O–H groups in total. The molecule has 0 saturated heterocycles. The first-order valence-electron chi connectivity index (χ1n) is 7.90. The Balaban J connectivity index is 1.51. The lowest BCUT2D eigenvalue weighted by Crippen LogP contribution is -2.36. The number of rotatable bonds is 4. The monoisotopic (exact) mass is 358 g/mol. The molecule has 0 saturated carbocycles. The molecule has 0 bridgehead atoms. The molecular formula is C16H15FN6O3. The molecule has 1 aromatic carbocycles. The summed E-state index contributed by atoms with van der Waals surface area (Å²) in [6, 6.07) is 4.98. The number of aryl methyl sites for hydroxylation is 1. The van der Waals surface area contributed by atoms with E-state index in [0.29, 0.717) is 24.3 Å². The lowest BCUT2D eigenvalue weighted by atomic mass is 10.1. The predicted molar refractivity (Wildman–Crippen MR) is 88.1 cm³/mol. The average molecular weight is 358 g/mol. The number of halogens is 1. The number of hydrogen-bond donors (Lipinski definition) is 0. The van der Waals surface area contributed by atoms with E-state index in [1.807, 2.05) is 6.92 Å². The van der Waals surface area contributed by atoms with Gasteiger partial charge in [0, 0.05) is 10.5 Å². The Morgan fingerprint density at radius 2 is 2.23 bits per heavy atom. The van der Waals surface area contributed by atoms with Crippen molar-refractivity contribution in [2.75, 3.05) is 0 Å². The van der Waals surface area contributed by atoms with Gasteiger partial charge >= 0.3 is 11.8 Å². The Morgan fingerprint density at radius 1 is 1.42 bits per heavy atom. The Bertz CT molecular complexity index is 988. The van der Waals surface area contributed by atoms with Crippen LogP contribution >= 0.6 is 0 Å². The van der Waals surface area contributed by atoms with Gasteiger partial charge < -0.3 is 14.9 Å². The SMILES string of the molecule is Cc1cc(-c2cn(C[C@@]3(C)Cn4cc([N+](=O)[O-])nc4O3)nn2)ccc1F. The molecule has 0 amide bonds. The molecule has 1 aliphatic heterocycles. The Labute approximate surface area is 147 Å². The normalized spacial score (nSPS) is 18.6. The van der Waals surface area contributed by atoms with Crippen LogP contribution in [0.4, 0.5) is 10.2 Å². The quantitative estimate of drug-likeness (QED) is 0.524. The van der Waals surface area contributed by atoms with Gasteiger partial charge in [-0.1, -0.05) is 5.21 Å². The number of benzene rings is 1. The van der Waals surface area contributed by atoms with Crippen molar-refractivity contribution < 1.29 is 14.1 Å². The zero-order valence-electron chi connectivity index (χ0n) is 14.1. The van der Waals surface area contributed by atoms with Gasteiger partial charge in [0.15, 0.2) is 0 Å². The van der Waals surface area contributed by atoms with Crippen LogP contribution in [0.5, 0.6) is 6.01 Å². The van der Waals surface area contributed by atoms with Crippen LogP contribution < -0.4 is 4.74 Å². The van der Waals surface area contributed by atoms with Crippen LogP contribution in [0.2, 0.25) is 0 Å². The Hall–Kier alpha value is -3.30. The van der Waals surface area contributed by atoms with E-state index in [9.17, 15) is 14.5 Å². The highest BCUT2D eigenvalue weighted by atomic mass is 19.1. The van der Waals surface area contributed by atoms with E-state index in [1.165, 1.54) is 12.3 Å². The minimum absolute atomic E-state index is 0.216. The fourth-order valence-corrected chi connectivity index (χ4v) is 3.02. The van der Waals surface area contributed by atoms with E-state index in [4.69, 9.17) is 4.74 Å². The zero-order chi connectivity index (χ0) is 18.5. The molecule has 3 heterocycles. The number of imidazole rings is 1. The summed E-state index contributed by atoms with van der Waals surface area (Å²) in [5, 5.41) is 19.0. The van der Waals surface area contributed by atoms with Crippen LogP contribution in [0.25, 0.3) is 11.3 Å². The highest BCUT2D eigenvalue weighted by Crippen LogP contribution is 2.32. The molecule has 134 valence electrons. The Morgan fingerprint density at radius 3 is 2.92 bits per heavy atom. The molecule has 1 atom stereocenters. The third-order valence-electron chi connectivity index (χ3n) is 4.25. The topological polar surface area (TPSA) is 101 Å². The molecule has 9 nitrogen and oxygen atoms in total. The van der Waals surface area contributed by atoms with E-state index < -0.39 is 10.5 Å². The first-order valence-corrected chi connectivity index (χ1v) is 7.90. The van der Waals surface area contributed by atoms with Crippen LogP contribution in [-0.2, 0) is 13.1 Å². The summed E-state index contributed by atoms with van der Waals surface area (Å²) in [5.41, 5.74) is 1.29. The van der Waals surface area contributed by atoms with E-state index in [2.05, 4.69) is 15.3 Å². The minimum atomic E-state index is -0.652. The molecule has 0 radical (unpaired) electrons. The maximum Gasteiger partial charge on any atom is 0.415 e. The summed E-state index contributed by atoms with van der Waals surface area (Å²) in [6.07, 6.45) is 3.11. The van der Waals surface area contributed by atoms with E-state index >= 15 is 0 Å². The largest absolute Gasteiger partial charge is 0.436 e. The van der Waals surface area contributed by atoms with Gasteiger partial charge in [0.1, 0.15) is 23.3 Å². The molecule has 26 heavy (non-hydrogen) atoms. The average Bonchev–Trinajstić information content (AvgIpc) is 3.23. The van der Waals surface area contributed by atoms with Crippen molar-refractivity contribution >= 4 is 5.82 Å². The third-order valence-corrected chi connectivity index (χ3v) is 4.25. The van der Waals surface area contributed by atoms with Gasteiger partial charge in [-0.05, 0) is 42.5 Å². The van der Waals surface area contributed by atoms with E-state index in [-0.39, 0.29) is 17.6 Å². The highest BCUT2D eigenvalue weighted by Gasteiger charge is 2.41. The lowest BCUT2D eigenvalue weighted by molar-refractivity contribution is -0.389. The second-order valence-electron chi connectivity index (χ2n) is 6.58. The van der Waals surface area contributed by atoms with Crippen molar-refractivity contribution in [1.82, 2.24) is 24.5 Å². The van der Waals surface area contributed by atoms with E-state index in [1.54, 1.807) is 34.5 Å². The molecule has 0 spiro atoms. The van der Waals surface area contributed by atoms with Gasteiger partial charge in [-0.3, -0.25) is 4.57 Å². The molecular weight excluding hydrogens is 343 g/mol. The maximum absolute atomic E-state index is 13.4. The zero-order valence-corrected chi connectivity index (χ0v) is 14.1. The first kappa shape index (κ1) is 16.2. The van der Waals surface area contributed by atoms with Gasteiger partial charge in [-0.25, -0.2) is 9.07 Å². The summed E-state index contributed by atoms with van der Waals surface area (Å²) in [5.74, 6) is -0.506. The molecule has 10 heteroatoms. The summed E-state index contributed by atoms with van der Waals surface area (Å²) < 4.78 is 22.4.